The fraction of sp³-hybridized carbons (Fsp3) is 0.500. The molecule has 0 atom stereocenters. The summed E-state index contributed by atoms with van der Waals surface area (Å²) in [6.45, 7) is 3.12. The summed E-state index contributed by atoms with van der Waals surface area (Å²) < 4.78 is 11.7. The smallest absolute Gasteiger partial charge is 0.225 e. The van der Waals surface area contributed by atoms with Crippen LogP contribution in [0.4, 0.5) is 5.13 Å². The normalized spacial score (nSPS) is 11.0. The summed E-state index contributed by atoms with van der Waals surface area (Å²) in [4.78, 5) is 20.5. The van der Waals surface area contributed by atoms with Crippen LogP contribution in [-0.2, 0) is 4.79 Å². The second-order valence-corrected chi connectivity index (χ2v) is 6.45. The van der Waals surface area contributed by atoms with Crippen LogP contribution in [0.5, 0.6) is 11.5 Å². The number of benzene rings is 1. The Morgan fingerprint density at radius 2 is 1.83 bits per heavy atom. The highest BCUT2D eigenvalue weighted by molar-refractivity contribution is 7.22. The summed E-state index contributed by atoms with van der Waals surface area (Å²) in [7, 11) is 7.28. The van der Waals surface area contributed by atoms with Crippen LogP contribution in [0.15, 0.2) is 12.1 Å². The van der Waals surface area contributed by atoms with Gasteiger partial charge in [0.05, 0.1) is 14.2 Å². The molecule has 0 radical (unpaired) electrons. The summed E-state index contributed by atoms with van der Waals surface area (Å²) in [5.41, 5.74) is 0.728. The van der Waals surface area contributed by atoms with Gasteiger partial charge in [-0.1, -0.05) is 11.3 Å². The molecule has 0 fully saturated rings. The van der Waals surface area contributed by atoms with Crippen molar-refractivity contribution in [2.75, 3.05) is 46.3 Å². The van der Waals surface area contributed by atoms with Gasteiger partial charge in [0.15, 0.2) is 5.13 Å². The van der Waals surface area contributed by atoms with Gasteiger partial charge in [0.25, 0.3) is 0 Å². The maximum atomic E-state index is 12.0. The number of ether oxygens (including phenoxy) is 2. The van der Waals surface area contributed by atoms with E-state index in [1.54, 1.807) is 26.0 Å². The lowest BCUT2D eigenvalue weighted by Gasteiger charge is -2.19. The quantitative estimate of drug-likeness (QED) is 0.777. The molecule has 1 heterocycles. The fourth-order valence-corrected chi connectivity index (χ4v) is 3.47. The van der Waals surface area contributed by atoms with Gasteiger partial charge >= 0.3 is 0 Å². The Bertz CT molecular complexity index is 644. The first-order valence-electron chi connectivity index (χ1n) is 7.42. The molecule has 0 saturated heterocycles. The van der Waals surface area contributed by atoms with E-state index in [2.05, 4.69) is 9.88 Å². The van der Waals surface area contributed by atoms with E-state index < -0.39 is 0 Å². The minimum atomic E-state index is -0.0132. The Morgan fingerprint density at radius 3 is 2.39 bits per heavy atom. The fourth-order valence-electron chi connectivity index (χ4n) is 2.32. The van der Waals surface area contributed by atoms with E-state index in [1.807, 2.05) is 26.2 Å². The Morgan fingerprint density at radius 1 is 1.17 bits per heavy atom. The van der Waals surface area contributed by atoms with Crippen LogP contribution >= 0.6 is 11.3 Å². The molecule has 0 aliphatic heterocycles. The van der Waals surface area contributed by atoms with Gasteiger partial charge in [0.2, 0.25) is 5.91 Å². The van der Waals surface area contributed by atoms with Crippen LogP contribution in [0.3, 0.4) is 0 Å². The molecule has 1 aromatic carbocycles. The van der Waals surface area contributed by atoms with Gasteiger partial charge in [-0.05, 0) is 39.2 Å². The average molecular weight is 337 g/mol. The molecule has 0 aliphatic rings. The van der Waals surface area contributed by atoms with E-state index in [-0.39, 0.29) is 5.91 Å². The molecule has 0 bridgehead atoms. The number of anilines is 1. The number of nitrogens with zero attached hydrogens (tertiary/aromatic N) is 3. The zero-order chi connectivity index (χ0) is 17.0. The highest BCUT2D eigenvalue weighted by atomic mass is 32.1. The van der Waals surface area contributed by atoms with Crippen LogP contribution in [0.25, 0.3) is 10.2 Å². The van der Waals surface area contributed by atoms with Gasteiger partial charge in [0, 0.05) is 13.5 Å². The number of hydrogen-bond acceptors (Lipinski definition) is 6. The van der Waals surface area contributed by atoms with Crippen LogP contribution in [0.2, 0.25) is 0 Å². The Kier molecular flexibility index (Phi) is 5.79. The van der Waals surface area contributed by atoms with Crippen molar-refractivity contribution >= 4 is 32.6 Å². The van der Waals surface area contributed by atoms with Gasteiger partial charge in [-0.2, -0.15) is 0 Å². The highest BCUT2D eigenvalue weighted by Gasteiger charge is 2.20. The molecule has 0 aliphatic carbocycles. The summed E-state index contributed by atoms with van der Waals surface area (Å²) in [6, 6.07) is 3.68. The number of aromatic nitrogens is 1. The van der Waals surface area contributed by atoms with Crippen molar-refractivity contribution in [3.63, 3.8) is 0 Å². The maximum absolute atomic E-state index is 12.0. The monoisotopic (exact) mass is 337 g/mol. The van der Waals surface area contributed by atoms with Gasteiger partial charge < -0.3 is 14.4 Å². The number of amides is 1. The highest BCUT2D eigenvalue weighted by Crippen LogP contribution is 2.40. The number of carbonyl (C=O) groups is 1. The summed E-state index contributed by atoms with van der Waals surface area (Å²) in [6.07, 6.45) is 0.886. The van der Waals surface area contributed by atoms with Crippen LogP contribution in [0, 0.1) is 0 Å². The molecular formula is C16H23N3O3S. The minimum Gasteiger partial charge on any atom is -0.495 e. The number of thiazole rings is 1. The first kappa shape index (κ1) is 17.5. The van der Waals surface area contributed by atoms with Crippen molar-refractivity contribution in [1.82, 2.24) is 9.88 Å². The van der Waals surface area contributed by atoms with Gasteiger partial charge in [-0.15, -0.1) is 0 Å². The van der Waals surface area contributed by atoms with Crippen molar-refractivity contribution in [1.29, 1.82) is 0 Å². The first-order chi connectivity index (χ1) is 11.0. The van der Waals surface area contributed by atoms with Crippen LogP contribution in [0.1, 0.15) is 13.3 Å². The number of rotatable bonds is 7. The summed E-state index contributed by atoms with van der Waals surface area (Å²) >= 11 is 1.45. The molecule has 7 heteroatoms. The molecule has 1 aromatic heterocycles. The number of hydrogen-bond donors (Lipinski definition) is 0. The van der Waals surface area contributed by atoms with Crippen molar-refractivity contribution in [3.05, 3.63) is 12.1 Å². The molecule has 0 N–H and O–H groups in total. The largest absolute Gasteiger partial charge is 0.495 e. The standard InChI is InChI=1S/C16H23N3O3S/c1-11(20)19(10-6-9-18(2)3)16-17-14-12(21-4)7-8-13(22-5)15(14)23-16/h7-8H,6,9-10H2,1-5H3. The Hall–Kier alpha value is -1.86. The lowest BCUT2D eigenvalue weighted by molar-refractivity contribution is -0.116. The average Bonchev–Trinajstić information content (AvgIpc) is 2.94. The SMILES string of the molecule is COc1ccc(OC)c2sc(N(CCCN(C)C)C(C)=O)nc12. The minimum absolute atomic E-state index is 0.0132. The molecule has 0 saturated carbocycles. The predicted molar refractivity (Wildman–Crippen MR) is 93.9 cm³/mol. The second-order valence-electron chi connectivity index (χ2n) is 5.47. The third-order valence-corrected chi connectivity index (χ3v) is 4.59. The lowest BCUT2D eigenvalue weighted by atomic mass is 10.3. The number of fused-ring (bicyclic) bond motifs is 1. The Labute approximate surface area is 140 Å². The molecule has 2 aromatic rings. The van der Waals surface area contributed by atoms with Crippen molar-refractivity contribution in [2.24, 2.45) is 0 Å². The third kappa shape index (κ3) is 3.92. The van der Waals surface area contributed by atoms with Gasteiger partial charge in [-0.3, -0.25) is 9.69 Å². The maximum Gasteiger partial charge on any atom is 0.225 e. The molecule has 23 heavy (non-hydrogen) atoms. The summed E-state index contributed by atoms with van der Waals surface area (Å²) in [5, 5.41) is 0.675. The second kappa shape index (κ2) is 7.61. The van der Waals surface area contributed by atoms with Crippen LogP contribution in [-0.4, -0.2) is 57.2 Å². The van der Waals surface area contributed by atoms with E-state index >= 15 is 0 Å². The van der Waals surface area contributed by atoms with Crippen LogP contribution < -0.4 is 14.4 Å². The topological polar surface area (TPSA) is 54.9 Å². The van der Waals surface area contributed by atoms with Crippen molar-refractivity contribution in [3.8, 4) is 11.5 Å². The number of carbonyl (C=O) groups excluding carboxylic acids is 1. The van der Waals surface area contributed by atoms with Crippen molar-refractivity contribution in [2.45, 2.75) is 13.3 Å². The summed E-state index contributed by atoms with van der Waals surface area (Å²) in [5.74, 6) is 1.40. The molecule has 0 unspecified atom stereocenters. The van der Waals surface area contributed by atoms with E-state index in [1.165, 1.54) is 11.3 Å². The van der Waals surface area contributed by atoms with E-state index in [0.29, 0.717) is 17.4 Å². The zero-order valence-corrected chi connectivity index (χ0v) is 15.1. The lowest BCUT2D eigenvalue weighted by Crippen LogP contribution is -2.31. The molecular weight excluding hydrogens is 314 g/mol. The third-order valence-electron chi connectivity index (χ3n) is 3.50. The van der Waals surface area contributed by atoms with E-state index in [9.17, 15) is 4.79 Å². The molecule has 0 spiro atoms. The molecule has 126 valence electrons. The van der Waals surface area contributed by atoms with Gasteiger partial charge in [-0.25, -0.2) is 4.98 Å². The van der Waals surface area contributed by atoms with E-state index in [4.69, 9.17) is 9.47 Å². The number of methoxy groups -OCH3 is 2. The first-order valence-corrected chi connectivity index (χ1v) is 8.24. The van der Waals surface area contributed by atoms with Gasteiger partial charge in [0.1, 0.15) is 21.7 Å². The van der Waals surface area contributed by atoms with Crippen molar-refractivity contribution < 1.29 is 14.3 Å². The predicted octanol–water partition coefficient (Wildman–Crippen LogP) is 2.62. The van der Waals surface area contributed by atoms with E-state index in [0.717, 1.165) is 28.9 Å². The zero-order valence-electron chi connectivity index (χ0n) is 14.3. The molecule has 1 amide bonds. The molecule has 2 rings (SSSR count). The molecule has 6 nitrogen and oxygen atoms in total. The Balaban J connectivity index is 2.37.